The molecule has 11 heavy (non-hydrogen) atoms. The minimum atomic E-state index is 0.693. The van der Waals surface area contributed by atoms with Crippen LogP contribution in [0.4, 0.5) is 0 Å². The second-order valence-corrected chi connectivity index (χ2v) is 3.95. The Morgan fingerprint density at radius 1 is 1.36 bits per heavy atom. The van der Waals surface area contributed by atoms with Crippen molar-refractivity contribution in [3.05, 3.63) is 12.3 Å². The molecule has 0 amide bonds. The number of ether oxygens (including phenoxy) is 1. The van der Waals surface area contributed by atoms with E-state index in [-0.39, 0.29) is 0 Å². The van der Waals surface area contributed by atoms with Gasteiger partial charge in [0.05, 0.1) is 12.9 Å². The molecule has 2 rings (SSSR count). The lowest BCUT2D eigenvalue weighted by molar-refractivity contribution is 0.205. The predicted molar refractivity (Wildman–Crippen MR) is 45.1 cm³/mol. The minimum Gasteiger partial charge on any atom is -0.501 e. The lowest BCUT2D eigenvalue weighted by Crippen LogP contribution is -2.13. The molecule has 0 aromatic carbocycles. The maximum absolute atomic E-state index is 5.19. The summed E-state index contributed by atoms with van der Waals surface area (Å²) in [6, 6.07) is 0. The van der Waals surface area contributed by atoms with Crippen molar-refractivity contribution < 1.29 is 4.74 Å². The van der Waals surface area contributed by atoms with Crippen molar-refractivity contribution in [3.63, 3.8) is 0 Å². The number of hydrogen-bond acceptors (Lipinski definition) is 1. The Hall–Kier alpha value is -0.460. The van der Waals surface area contributed by atoms with Crippen molar-refractivity contribution in [2.24, 2.45) is 17.8 Å². The molecule has 0 saturated heterocycles. The lowest BCUT2D eigenvalue weighted by Gasteiger charge is -2.22. The fourth-order valence-electron chi connectivity index (χ4n) is 2.79. The van der Waals surface area contributed by atoms with Crippen LogP contribution in [0.1, 0.15) is 25.7 Å². The first kappa shape index (κ1) is 7.20. The Labute approximate surface area is 68.4 Å². The van der Waals surface area contributed by atoms with Gasteiger partial charge in [0, 0.05) is 5.92 Å². The van der Waals surface area contributed by atoms with Crippen molar-refractivity contribution in [2.45, 2.75) is 25.7 Å². The van der Waals surface area contributed by atoms with Gasteiger partial charge in [-0.15, -0.1) is 0 Å². The van der Waals surface area contributed by atoms with Crippen LogP contribution in [0.2, 0.25) is 0 Å². The number of methoxy groups -OCH3 is 1. The zero-order valence-corrected chi connectivity index (χ0v) is 7.18. The van der Waals surface area contributed by atoms with Gasteiger partial charge < -0.3 is 4.74 Å². The Morgan fingerprint density at radius 3 is 2.64 bits per heavy atom. The molecule has 2 saturated carbocycles. The molecule has 62 valence electrons. The van der Waals surface area contributed by atoms with Gasteiger partial charge in [0.25, 0.3) is 0 Å². The van der Waals surface area contributed by atoms with Gasteiger partial charge in [-0.2, -0.15) is 0 Å². The summed E-state index contributed by atoms with van der Waals surface area (Å²) in [5.74, 6) is 3.63. The molecule has 2 fully saturated rings. The third-order valence-electron chi connectivity index (χ3n) is 3.41. The largest absolute Gasteiger partial charge is 0.501 e. The van der Waals surface area contributed by atoms with E-state index < -0.39 is 0 Å². The van der Waals surface area contributed by atoms with Gasteiger partial charge in [-0.25, -0.2) is 0 Å². The fourth-order valence-corrected chi connectivity index (χ4v) is 2.79. The quantitative estimate of drug-likeness (QED) is 0.553. The van der Waals surface area contributed by atoms with E-state index in [1.165, 1.54) is 25.7 Å². The van der Waals surface area contributed by atoms with Crippen molar-refractivity contribution in [2.75, 3.05) is 7.11 Å². The molecule has 2 bridgehead atoms. The van der Waals surface area contributed by atoms with E-state index in [0.717, 1.165) is 17.6 Å². The van der Waals surface area contributed by atoms with E-state index in [0.29, 0.717) is 5.92 Å². The molecule has 1 heteroatoms. The maximum atomic E-state index is 5.19. The highest BCUT2D eigenvalue weighted by atomic mass is 16.5. The molecule has 0 unspecified atom stereocenters. The predicted octanol–water partition coefficient (Wildman–Crippen LogP) is 2.58. The smallest absolute Gasteiger partial charge is 0.0917 e. The van der Waals surface area contributed by atoms with Crippen molar-refractivity contribution in [1.29, 1.82) is 0 Å². The second-order valence-electron chi connectivity index (χ2n) is 3.95. The molecule has 0 spiro atoms. The molecule has 0 aromatic rings. The van der Waals surface area contributed by atoms with Crippen LogP contribution < -0.4 is 0 Å². The average Bonchev–Trinajstić information content (AvgIpc) is 2.62. The minimum absolute atomic E-state index is 0.693. The first-order valence-corrected chi connectivity index (χ1v) is 4.54. The van der Waals surface area contributed by atoms with Gasteiger partial charge in [0.2, 0.25) is 0 Å². The molecule has 2 aliphatic rings. The monoisotopic (exact) mass is 152 g/mol. The molecule has 0 heterocycles. The fraction of sp³-hybridized carbons (Fsp3) is 0.800. The summed E-state index contributed by atoms with van der Waals surface area (Å²) >= 11 is 0. The standard InChI is InChI=1S/C10H16O/c1-7(11-2)10-6-8-3-4-9(10)5-8/h8-10H,1,3-6H2,2H3/t8-,9+,10-/m1/s1. The van der Waals surface area contributed by atoms with Crippen LogP contribution in [-0.2, 0) is 4.74 Å². The van der Waals surface area contributed by atoms with Crippen molar-refractivity contribution in [3.8, 4) is 0 Å². The van der Waals surface area contributed by atoms with E-state index in [9.17, 15) is 0 Å². The molecule has 0 aromatic heterocycles. The summed E-state index contributed by atoms with van der Waals surface area (Å²) in [7, 11) is 1.74. The van der Waals surface area contributed by atoms with Crippen LogP contribution in [0, 0.1) is 17.8 Å². The molecular formula is C10H16O. The van der Waals surface area contributed by atoms with Gasteiger partial charge in [0.1, 0.15) is 0 Å². The van der Waals surface area contributed by atoms with Crippen LogP contribution in [0.3, 0.4) is 0 Å². The zero-order chi connectivity index (χ0) is 7.84. The van der Waals surface area contributed by atoms with Gasteiger partial charge in [0.15, 0.2) is 0 Å². The third-order valence-corrected chi connectivity index (χ3v) is 3.41. The number of hydrogen-bond donors (Lipinski definition) is 0. The Bertz CT molecular complexity index is 174. The average molecular weight is 152 g/mol. The van der Waals surface area contributed by atoms with Crippen molar-refractivity contribution in [1.82, 2.24) is 0 Å². The summed E-state index contributed by atoms with van der Waals surface area (Å²) in [5, 5.41) is 0. The van der Waals surface area contributed by atoms with Gasteiger partial charge >= 0.3 is 0 Å². The Balaban J connectivity index is 2.02. The zero-order valence-electron chi connectivity index (χ0n) is 7.18. The van der Waals surface area contributed by atoms with Crippen LogP contribution in [-0.4, -0.2) is 7.11 Å². The molecular weight excluding hydrogens is 136 g/mol. The van der Waals surface area contributed by atoms with E-state index >= 15 is 0 Å². The number of allylic oxidation sites excluding steroid dienone is 1. The van der Waals surface area contributed by atoms with Crippen molar-refractivity contribution >= 4 is 0 Å². The Kier molecular flexibility index (Phi) is 1.67. The van der Waals surface area contributed by atoms with Crippen LogP contribution in [0.5, 0.6) is 0 Å². The molecule has 0 aliphatic heterocycles. The number of fused-ring (bicyclic) bond motifs is 2. The van der Waals surface area contributed by atoms with E-state index in [1.807, 2.05) is 0 Å². The molecule has 3 atom stereocenters. The summed E-state index contributed by atoms with van der Waals surface area (Å²) < 4.78 is 5.19. The summed E-state index contributed by atoms with van der Waals surface area (Å²) in [6.07, 6.45) is 5.65. The highest BCUT2D eigenvalue weighted by molar-refractivity contribution is 5.03. The van der Waals surface area contributed by atoms with E-state index in [2.05, 4.69) is 6.58 Å². The summed E-state index contributed by atoms with van der Waals surface area (Å²) in [4.78, 5) is 0. The van der Waals surface area contributed by atoms with Gasteiger partial charge in [-0.3, -0.25) is 0 Å². The first-order chi connectivity index (χ1) is 5.31. The Morgan fingerprint density at radius 2 is 2.18 bits per heavy atom. The molecule has 1 nitrogen and oxygen atoms in total. The topological polar surface area (TPSA) is 9.23 Å². The highest BCUT2D eigenvalue weighted by Gasteiger charge is 2.41. The first-order valence-electron chi connectivity index (χ1n) is 4.54. The van der Waals surface area contributed by atoms with Gasteiger partial charge in [-0.1, -0.05) is 13.0 Å². The normalized spacial score (nSPS) is 41.0. The van der Waals surface area contributed by atoms with E-state index in [4.69, 9.17) is 4.74 Å². The summed E-state index contributed by atoms with van der Waals surface area (Å²) in [5.41, 5.74) is 0. The van der Waals surface area contributed by atoms with Crippen LogP contribution in [0.15, 0.2) is 12.3 Å². The molecule has 0 N–H and O–H groups in total. The third kappa shape index (κ3) is 1.07. The van der Waals surface area contributed by atoms with E-state index in [1.54, 1.807) is 7.11 Å². The SMILES string of the molecule is C=C(OC)[C@H]1C[C@@H]2CC[C@H]1C2. The maximum Gasteiger partial charge on any atom is 0.0917 e. The van der Waals surface area contributed by atoms with Crippen LogP contribution in [0.25, 0.3) is 0 Å². The molecule has 0 radical (unpaired) electrons. The highest BCUT2D eigenvalue weighted by Crippen LogP contribution is 2.50. The van der Waals surface area contributed by atoms with Gasteiger partial charge in [-0.05, 0) is 31.1 Å². The second kappa shape index (κ2) is 2.54. The lowest BCUT2D eigenvalue weighted by atomic mass is 9.88. The number of rotatable bonds is 2. The summed E-state index contributed by atoms with van der Waals surface area (Å²) in [6.45, 7) is 3.95. The molecule has 2 aliphatic carbocycles. The van der Waals surface area contributed by atoms with Crippen LogP contribution >= 0.6 is 0 Å².